The van der Waals surface area contributed by atoms with Crippen molar-refractivity contribution in [3.8, 4) is 11.5 Å². The molecular formula is C20H18O6. The smallest absolute Gasteiger partial charge is 0.344 e. The zero-order valence-electron chi connectivity index (χ0n) is 14.4. The van der Waals surface area contributed by atoms with Gasteiger partial charge in [0.2, 0.25) is 0 Å². The molecule has 6 heteroatoms. The molecule has 0 saturated heterocycles. The fraction of sp³-hybridized carbons (Fsp3) is 0.200. The second-order valence-corrected chi connectivity index (χ2v) is 5.97. The fourth-order valence-corrected chi connectivity index (χ4v) is 2.48. The third-order valence-corrected chi connectivity index (χ3v) is 4.04. The van der Waals surface area contributed by atoms with Crippen molar-refractivity contribution in [2.75, 3.05) is 6.61 Å². The maximum atomic E-state index is 11.9. The first-order valence-corrected chi connectivity index (χ1v) is 8.04. The van der Waals surface area contributed by atoms with E-state index in [2.05, 4.69) is 0 Å². The van der Waals surface area contributed by atoms with E-state index >= 15 is 0 Å². The van der Waals surface area contributed by atoms with Gasteiger partial charge in [0.15, 0.2) is 6.61 Å². The monoisotopic (exact) mass is 354 g/mol. The van der Waals surface area contributed by atoms with Crippen LogP contribution in [0, 0.1) is 13.8 Å². The first kappa shape index (κ1) is 17.5. The van der Waals surface area contributed by atoms with Crippen molar-refractivity contribution in [3.05, 3.63) is 69.6 Å². The van der Waals surface area contributed by atoms with Crippen molar-refractivity contribution in [1.82, 2.24) is 0 Å². The number of phenols is 1. The second-order valence-electron chi connectivity index (χ2n) is 5.97. The van der Waals surface area contributed by atoms with Crippen LogP contribution in [0.4, 0.5) is 0 Å². The summed E-state index contributed by atoms with van der Waals surface area (Å²) >= 11 is 0. The number of hydrogen-bond donors (Lipinski definition) is 1. The van der Waals surface area contributed by atoms with Gasteiger partial charge in [-0.2, -0.15) is 0 Å². The van der Waals surface area contributed by atoms with Crippen LogP contribution < -0.4 is 10.4 Å². The van der Waals surface area contributed by atoms with Gasteiger partial charge in [-0.25, -0.2) is 9.59 Å². The molecule has 134 valence electrons. The third-order valence-electron chi connectivity index (χ3n) is 4.04. The zero-order chi connectivity index (χ0) is 18.7. The summed E-state index contributed by atoms with van der Waals surface area (Å²) in [7, 11) is 0. The normalized spacial score (nSPS) is 10.7. The van der Waals surface area contributed by atoms with Crippen molar-refractivity contribution >= 4 is 16.9 Å². The van der Waals surface area contributed by atoms with Crippen LogP contribution in [0.2, 0.25) is 0 Å². The number of rotatable bonds is 5. The zero-order valence-corrected chi connectivity index (χ0v) is 14.4. The summed E-state index contributed by atoms with van der Waals surface area (Å²) < 4.78 is 15.7. The van der Waals surface area contributed by atoms with Gasteiger partial charge in [-0.05, 0) is 49.2 Å². The lowest BCUT2D eigenvalue weighted by Crippen LogP contribution is -2.15. The molecule has 3 aromatic rings. The van der Waals surface area contributed by atoms with Crippen molar-refractivity contribution in [2.45, 2.75) is 20.5 Å². The number of carbonyl (C=O) groups is 1. The number of ether oxygens (including phenoxy) is 2. The summed E-state index contributed by atoms with van der Waals surface area (Å²) in [6, 6.07) is 11.2. The Morgan fingerprint density at radius 2 is 1.88 bits per heavy atom. The van der Waals surface area contributed by atoms with E-state index in [0.717, 1.165) is 11.1 Å². The molecule has 3 rings (SSSR count). The highest BCUT2D eigenvalue weighted by Gasteiger charge is 2.10. The molecule has 2 aromatic carbocycles. The Kier molecular flexibility index (Phi) is 4.93. The molecular weight excluding hydrogens is 336 g/mol. The molecule has 0 saturated carbocycles. The van der Waals surface area contributed by atoms with Crippen LogP contribution in [0.15, 0.2) is 51.7 Å². The molecule has 1 N–H and O–H groups in total. The Labute approximate surface area is 149 Å². The van der Waals surface area contributed by atoms with Crippen LogP contribution in [0.25, 0.3) is 11.0 Å². The molecule has 0 radical (unpaired) electrons. The van der Waals surface area contributed by atoms with E-state index < -0.39 is 11.6 Å². The molecule has 0 fully saturated rings. The molecule has 1 aromatic heterocycles. The van der Waals surface area contributed by atoms with Crippen LogP contribution in [0.5, 0.6) is 11.5 Å². The minimum Gasteiger partial charge on any atom is -0.508 e. The van der Waals surface area contributed by atoms with Crippen molar-refractivity contribution < 1.29 is 23.8 Å². The first-order valence-electron chi connectivity index (χ1n) is 8.04. The first-order chi connectivity index (χ1) is 12.4. The standard InChI is InChI=1S/C20H18O6/c1-12-3-5-16(7-13(12)2)24-11-20(23)25-10-14-8-19(22)26-18-9-15(21)4-6-17(14)18/h3-9,21H,10-11H2,1-2H3. The number of aromatic hydroxyl groups is 1. The quantitative estimate of drug-likeness (QED) is 0.559. The Morgan fingerprint density at radius 1 is 1.08 bits per heavy atom. The molecule has 6 nitrogen and oxygen atoms in total. The predicted molar refractivity (Wildman–Crippen MR) is 95.4 cm³/mol. The molecule has 1 heterocycles. The molecule has 0 unspecified atom stereocenters. The van der Waals surface area contributed by atoms with Crippen molar-refractivity contribution in [2.24, 2.45) is 0 Å². The number of esters is 1. The van der Waals surface area contributed by atoms with E-state index in [4.69, 9.17) is 13.9 Å². The minimum atomic E-state index is -0.583. The van der Waals surface area contributed by atoms with Gasteiger partial charge in [0.05, 0.1) is 0 Å². The largest absolute Gasteiger partial charge is 0.508 e. The molecule has 0 atom stereocenters. The molecule has 0 aliphatic rings. The summed E-state index contributed by atoms with van der Waals surface area (Å²) in [5.74, 6) is 0.0197. The van der Waals surface area contributed by atoms with Crippen molar-refractivity contribution in [1.29, 1.82) is 0 Å². The fourth-order valence-electron chi connectivity index (χ4n) is 2.48. The van der Waals surface area contributed by atoms with E-state index in [1.165, 1.54) is 18.2 Å². The molecule has 26 heavy (non-hydrogen) atoms. The Morgan fingerprint density at radius 3 is 2.65 bits per heavy atom. The lowest BCUT2D eigenvalue weighted by atomic mass is 10.1. The van der Waals surface area contributed by atoms with Gasteiger partial charge in [0, 0.05) is 23.1 Å². The summed E-state index contributed by atoms with van der Waals surface area (Å²) in [5, 5.41) is 10.1. The van der Waals surface area contributed by atoms with Crippen LogP contribution in [0.3, 0.4) is 0 Å². The van der Waals surface area contributed by atoms with Crippen molar-refractivity contribution in [3.63, 3.8) is 0 Å². The summed E-state index contributed by atoms with van der Waals surface area (Å²) in [6.45, 7) is 3.63. The van der Waals surface area contributed by atoms with Gasteiger partial charge in [-0.3, -0.25) is 0 Å². The number of phenolic OH excluding ortho intramolecular Hbond substituents is 1. The lowest BCUT2D eigenvalue weighted by Gasteiger charge is -2.09. The Hall–Kier alpha value is -3.28. The molecule has 0 bridgehead atoms. The SMILES string of the molecule is Cc1ccc(OCC(=O)OCc2cc(=O)oc3cc(O)ccc23)cc1C. The van der Waals surface area contributed by atoms with Gasteiger partial charge >= 0.3 is 11.6 Å². The summed E-state index contributed by atoms with van der Waals surface area (Å²) in [5.41, 5.74) is 2.36. The predicted octanol–water partition coefficient (Wildman–Crippen LogP) is 3.24. The number of carbonyl (C=O) groups excluding carboxylic acids is 1. The van der Waals surface area contributed by atoms with Crippen LogP contribution >= 0.6 is 0 Å². The van der Waals surface area contributed by atoms with Gasteiger partial charge in [-0.1, -0.05) is 6.07 Å². The van der Waals surface area contributed by atoms with E-state index in [9.17, 15) is 14.7 Å². The van der Waals surface area contributed by atoms with Gasteiger partial charge in [0.25, 0.3) is 0 Å². The summed E-state index contributed by atoms with van der Waals surface area (Å²) in [6.07, 6.45) is 0. The second kappa shape index (κ2) is 7.31. The highest BCUT2D eigenvalue weighted by Crippen LogP contribution is 2.22. The van der Waals surface area contributed by atoms with Crippen LogP contribution in [0.1, 0.15) is 16.7 Å². The maximum Gasteiger partial charge on any atom is 0.344 e. The Balaban J connectivity index is 1.65. The van der Waals surface area contributed by atoms with E-state index in [1.807, 2.05) is 26.0 Å². The molecule has 0 aliphatic carbocycles. The van der Waals surface area contributed by atoms with E-state index in [1.54, 1.807) is 12.1 Å². The van der Waals surface area contributed by atoms with Gasteiger partial charge in [-0.15, -0.1) is 0 Å². The number of fused-ring (bicyclic) bond motifs is 1. The van der Waals surface area contributed by atoms with Gasteiger partial charge < -0.3 is 19.0 Å². The lowest BCUT2D eigenvalue weighted by molar-refractivity contribution is -0.147. The van der Waals surface area contributed by atoms with Gasteiger partial charge in [0.1, 0.15) is 23.7 Å². The van der Waals surface area contributed by atoms with E-state index in [0.29, 0.717) is 16.7 Å². The molecule has 0 amide bonds. The summed E-state index contributed by atoms with van der Waals surface area (Å²) in [4.78, 5) is 23.5. The Bertz CT molecular complexity index is 1020. The number of aryl methyl sites for hydroxylation is 2. The number of hydrogen-bond acceptors (Lipinski definition) is 6. The third kappa shape index (κ3) is 4.03. The maximum absolute atomic E-state index is 11.9. The van der Waals surface area contributed by atoms with Crippen LogP contribution in [-0.2, 0) is 16.1 Å². The van der Waals surface area contributed by atoms with E-state index in [-0.39, 0.29) is 24.5 Å². The highest BCUT2D eigenvalue weighted by molar-refractivity contribution is 5.81. The minimum absolute atomic E-state index is 0.0170. The molecule has 0 spiro atoms. The van der Waals surface area contributed by atoms with Crippen LogP contribution in [-0.4, -0.2) is 17.7 Å². The highest BCUT2D eigenvalue weighted by atomic mass is 16.6. The average Bonchev–Trinajstić information content (AvgIpc) is 2.60. The number of benzene rings is 2. The molecule has 0 aliphatic heterocycles. The average molecular weight is 354 g/mol. The topological polar surface area (TPSA) is 86.0 Å².